The van der Waals surface area contributed by atoms with Crippen LogP contribution in [0.2, 0.25) is 0 Å². The van der Waals surface area contributed by atoms with E-state index >= 15 is 0 Å². The molecule has 0 amide bonds. The molecule has 242 valence electrons. The van der Waals surface area contributed by atoms with Crippen LogP contribution in [0.4, 0.5) is 0 Å². The van der Waals surface area contributed by atoms with Crippen molar-refractivity contribution < 1.29 is 15.3 Å². The van der Waals surface area contributed by atoms with E-state index in [1.807, 2.05) is 6.20 Å². The maximum absolute atomic E-state index is 10.4. The Morgan fingerprint density at radius 2 is 0.976 bits per heavy atom. The largest absolute Gasteiger partial charge is 0.394 e. The van der Waals surface area contributed by atoms with Crippen LogP contribution in [0.15, 0.2) is 6.20 Å². The van der Waals surface area contributed by atoms with Gasteiger partial charge in [0, 0.05) is 6.20 Å². The van der Waals surface area contributed by atoms with E-state index in [1.54, 1.807) is 0 Å². The zero-order valence-electron chi connectivity index (χ0n) is 27.3. The van der Waals surface area contributed by atoms with Crippen molar-refractivity contribution in [1.82, 2.24) is 15.0 Å². The highest BCUT2D eigenvalue weighted by Crippen LogP contribution is 2.19. The van der Waals surface area contributed by atoms with Crippen LogP contribution < -0.4 is 0 Å². The number of aliphatic hydroxyl groups is 3. The van der Waals surface area contributed by atoms with Gasteiger partial charge in [0.25, 0.3) is 0 Å². The lowest BCUT2D eigenvalue weighted by Crippen LogP contribution is -2.37. The topological polar surface area (TPSA) is 91.4 Å². The Hall–Kier alpha value is -0.980. The number of hydrogen-bond acceptors (Lipinski definition) is 5. The first-order chi connectivity index (χ1) is 20.1. The predicted octanol–water partition coefficient (Wildman–Crippen LogP) is 9.26. The molecular formula is C35H69N3O3. The van der Waals surface area contributed by atoms with Gasteiger partial charge in [-0.2, -0.15) is 0 Å². The zero-order chi connectivity index (χ0) is 29.8. The second-order valence-electron chi connectivity index (χ2n) is 12.7. The Balaban J connectivity index is 1.88. The van der Waals surface area contributed by atoms with Gasteiger partial charge in [-0.15, -0.1) is 5.10 Å². The third kappa shape index (κ3) is 20.5. The van der Waals surface area contributed by atoms with Crippen molar-refractivity contribution in [3.8, 4) is 0 Å². The van der Waals surface area contributed by atoms with Gasteiger partial charge in [-0.3, -0.25) is 0 Å². The van der Waals surface area contributed by atoms with Crippen LogP contribution in [0, 0.1) is 0 Å². The van der Waals surface area contributed by atoms with Crippen LogP contribution >= 0.6 is 0 Å². The highest BCUT2D eigenvalue weighted by molar-refractivity contribution is 4.95. The first-order valence-electron chi connectivity index (χ1n) is 18.0. The van der Waals surface area contributed by atoms with Gasteiger partial charge in [0.2, 0.25) is 0 Å². The summed E-state index contributed by atoms with van der Waals surface area (Å²) in [5.74, 6) is 0. The van der Waals surface area contributed by atoms with Crippen LogP contribution in [0.25, 0.3) is 0 Å². The fourth-order valence-electron chi connectivity index (χ4n) is 5.87. The second-order valence-corrected chi connectivity index (χ2v) is 12.7. The second kappa shape index (κ2) is 27.8. The van der Waals surface area contributed by atoms with E-state index in [0.717, 1.165) is 31.4 Å². The summed E-state index contributed by atoms with van der Waals surface area (Å²) in [4.78, 5) is 0. The van der Waals surface area contributed by atoms with E-state index in [1.165, 1.54) is 146 Å². The number of aliphatic hydroxyl groups excluding tert-OH is 3. The van der Waals surface area contributed by atoms with Gasteiger partial charge in [-0.25, -0.2) is 4.68 Å². The number of aryl methyl sites for hydroxylation is 1. The molecule has 1 heterocycles. The molecule has 0 aliphatic carbocycles. The van der Waals surface area contributed by atoms with Gasteiger partial charge >= 0.3 is 0 Å². The van der Waals surface area contributed by atoms with Gasteiger partial charge in [0.15, 0.2) is 0 Å². The van der Waals surface area contributed by atoms with Crippen LogP contribution in [0.5, 0.6) is 0 Å². The SMILES string of the molecule is CCCCCCCCCCCCCCCCCCCCCCCCCc1cn([C@@H](CO)[C@H](O)[C@H](O)CCCC)nn1. The lowest BCUT2D eigenvalue weighted by atomic mass is 10.0. The van der Waals surface area contributed by atoms with Crippen LogP contribution in [-0.2, 0) is 6.42 Å². The molecule has 0 saturated carbocycles. The van der Waals surface area contributed by atoms with Gasteiger partial charge < -0.3 is 15.3 Å². The summed E-state index contributed by atoms with van der Waals surface area (Å²) in [6.45, 7) is 4.07. The summed E-state index contributed by atoms with van der Waals surface area (Å²) in [7, 11) is 0. The predicted molar refractivity (Wildman–Crippen MR) is 173 cm³/mol. The zero-order valence-corrected chi connectivity index (χ0v) is 27.3. The third-order valence-electron chi connectivity index (χ3n) is 8.76. The Labute approximate surface area is 254 Å². The van der Waals surface area contributed by atoms with Crippen molar-refractivity contribution in [3.05, 3.63) is 11.9 Å². The molecule has 6 nitrogen and oxygen atoms in total. The molecule has 41 heavy (non-hydrogen) atoms. The van der Waals surface area contributed by atoms with Crippen molar-refractivity contribution in [3.63, 3.8) is 0 Å². The minimum absolute atomic E-state index is 0.271. The summed E-state index contributed by atoms with van der Waals surface area (Å²) in [6.07, 6.45) is 35.1. The monoisotopic (exact) mass is 580 g/mol. The van der Waals surface area contributed by atoms with E-state index < -0.39 is 18.2 Å². The Kier molecular flexibility index (Phi) is 25.8. The quantitative estimate of drug-likeness (QED) is 0.0763. The Bertz CT molecular complexity index is 669. The molecule has 3 atom stereocenters. The first kappa shape index (κ1) is 38.0. The number of rotatable bonds is 31. The molecule has 0 bridgehead atoms. The average Bonchev–Trinajstić information content (AvgIpc) is 3.45. The number of aromatic nitrogens is 3. The molecule has 0 aliphatic heterocycles. The molecule has 0 aliphatic rings. The lowest BCUT2D eigenvalue weighted by molar-refractivity contribution is -0.0349. The van der Waals surface area contributed by atoms with E-state index in [-0.39, 0.29) is 6.61 Å². The van der Waals surface area contributed by atoms with Crippen LogP contribution in [0.3, 0.4) is 0 Å². The van der Waals surface area contributed by atoms with E-state index in [2.05, 4.69) is 24.2 Å². The molecule has 0 spiro atoms. The van der Waals surface area contributed by atoms with E-state index in [9.17, 15) is 15.3 Å². The molecule has 0 saturated heterocycles. The Morgan fingerprint density at radius 3 is 1.37 bits per heavy atom. The van der Waals surface area contributed by atoms with Gasteiger partial charge in [0.1, 0.15) is 12.1 Å². The molecule has 6 heteroatoms. The molecule has 0 radical (unpaired) electrons. The molecular weight excluding hydrogens is 510 g/mol. The molecule has 0 aromatic carbocycles. The van der Waals surface area contributed by atoms with E-state index in [0.29, 0.717) is 6.42 Å². The highest BCUT2D eigenvalue weighted by Gasteiger charge is 2.28. The van der Waals surface area contributed by atoms with Crippen LogP contribution in [0.1, 0.15) is 193 Å². The third-order valence-corrected chi connectivity index (χ3v) is 8.76. The van der Waals surface area contributed by atoms with Gasteiger partial charge in [-0.1, -0.05) is 173 Å². The lowest BCUT2D eigenvalue weighted by Gasteiger charge is -2.25. The smallest absolute Gasteiger partial charge is 0.105 e. The molecule has 3 N–H and O–H groups in total. The number of hydrogen-bond donors (Lipinski definition) is 3. The minimum Gasteiger partial charge on any atom is -0.394 e. The normalized spacial score (nSPS) is 14.0. The fraction of sp³-hybridized carbons (Fsp3) is 0.943. The standard InChI is InChI=1S/C35H69N3O3/c1-3-5-7-8-9-10-11-12-13-14-15-16-17-18-19-20-21-22-23-24-25-26-27-28-32-30-38(37-36-32)33(31-39)35(41)34(40)29-6-4-2/h30,33-35,39-41H,3-29,31H2,1-2H3/t33-,34+,35-/m0/s1. The minimum atomic E-state index is -1.04. The fourth-order valence-corrected chi connectivity index (χ4v) is 5.87. The maximum atomic E-state index is 10.4. The van der Waals surface area contributed by atoms with Crippen molar-refractivity contribution in [2.75, 3.05) is 6.61 Å². The van der Waals surface area contributed by atoms with Crippen molar-refractivity contribution in [1.29, 1.82) is 0 Å². The molecule has 1 aromatic rings. The molecule has 0 unspecified atom stereocenters. The Morgan fingerprint density at radius 1 is 0.585 bits per heavy atom. The van der Waals surface area contributed by atoms with E-state index in [4.69, 9.17) is 0 Å². The molecule has 1 rings (SSSR count). The molecule has 1 aromatic heterocycles. The summed E-state index contributed by atoms with van der Waals surface area (Å²) in [5, 5.41) is 38.7. The summed E-state index contributed by atoms with van der Waals surface area (Å²) >= 11 is 0. The number of nitrogens with zero attached hydrogens (tertiary/aromatic N) is 3. The first-order valence-corrected chi connectivity index (χ1v) is 18.0. The molecule has 0 fully saturated rings. The maximum Gasteiger partial charge on any atom is 0.105 e. The highest BCUT2D eigenvalue weighted by atomic mass is 16.3. The van der Waals surface area contributed by atoms with Gasteiger partial charge in [-0.05, 0) is 19.3 Å². The van der Waals surface area contributed by atoms with Gasteiger partial charge in [0.05, 0.1) is 18.4 Å². The van der Waals surface area contributed by atoms with Crippen molar-refractivity contribution in [2.45, 2.75) is 205 Å². The number of unbranched alkanes of at least 4 members (excludes halogenated alkanes) is 23. The summed E-state index contributed by atoms with van der Waals surface area (Å²) in [6, 6.07) is -0.655. The average molecular weight is 580 g/mol. The van der Waals surface area contributed by atoms with Crippen LogP contribution in [-0.4, -0.2) is 49.1 Å². The summed E-state index contributed by atoms with van der Waals surface area (Å²) < 4.78 is 1.52. The van der Waals surface area contributed by atoms with Crippen molar-refractivity contribution >= 4 is 0 Å². The summed E-state index contributed by atoms with van der Waals surface area (Å²) in [5.41, 5.74) is 0.891. The van der Waals surface area contributed by atoms with Crippen molar-refractivity contribution in [2.24, 2.45) is 0 Å².